The molecular formula is C16H24N2O3. The summed E-state index contributed by atoms with van der Waals surface area (Å²) in [6.45, 7) is 4.38. The van der Waals surface area contributed by atoms with Gasteiger partial charge in [-0.1, -0.05) is 19.4 Å². The van der Waals surface area contributed by atoms with Gasteiger partial charge in [-0.3, -0.25) is 10.1 Å². The summed E-state index contributed by atoms with van der Waals surface area (Å²) < 4.78 is 0. The smallest absolute Gasteiger partial charge is 0.292 e. The Balaban J connectivity index is 2.01. The van der Waals surface area contributed by atoms with E-state index in [0.29, 0.717) is 18.2 Å². The fourth-order valence-corrected chi connectivity index (χ4v) is 3.00. The Morgan fingerprint density at radius 1 is 1.43 bits per heavy atom. The van der Waals surface area contributed by atoms with Crippen LogP contribution in [0.15, 0.2) is 18.2 Å². The SMILES string of the molecule is CCC1CCC(O)(CNc2ccc(C)cc2[N+](=O)[O-])CC1. The van der Waals surface area contributed by atoms with Gasteiger partial charge in [0.15, 0.2) is 0 Å². The van der Waals surface area contributed by atoms with Crippen molar-refractivity contribution in [3.05, 3.63) is 33.9 Å². The van der Waals surface area contributed by atoms with Crippen molar-refractivity contribution in [2.75, 3.05) is 11.9 Å². The number of nitro benzene ring substituents is 1. The van der Waals surface area contributed by atoms with Gasteiger partial charge < -0.3 is 10.4 Å². The lowest BCUT2D eigenvalue weighted by atomic mass is 9.78. The van der Waals surface area contributed by atoms with E-state index in [2.05, 4.69) is 12.2 Å². The number of hydrogen-bond donors (Lipinski definition) is 2. The van der Waals surface area contributed by atoms with E-state index < -0.39 is 5.60 Å². The molecule has 0 amide bonds. The van der Waals surface area contributed by atoms with Crippen LogP contribution in [-0.2, 0) is 0 Å². The zero-order valence-corrected chi connectivity index (χ0v) is 12.8. The fourth-order valence-electron chi connectivity index (χ4n) is 3.00. The summed E-state index contributed by atoms with van der Waals surface area (Å²) in [6.07, 6.45) is 4.75. The molecule has 2 rings (SSSR count). The van der Waals surface area contributed by atoms with Crippen LogP contribution >= 0.6 is 0 Å². The quantitative estimate of drug-likeness (QED) is 0.641. The summed E-state index contributed by atoms with van der Waals surface area (Å²) in [7, 11) is 0. The Kier molecular flexibility index (Phi) is 4.83. The van der Waals surface area contributed by atoms with Crippen LogP contribution in [0.4, 0.5) is 11.4 Å². The first-order valence-corrected chi connectivity index (χ1v) is 7.65. The number of aliphatic hydroxyl groups is 1. The van der Waals surface area contributed by atoms with Crippen molar-refractivity contribution in [1.82, 2.24) is 0 Å². The molecule has 5 heteroatoms. The zero-order chi connectivity index (χ0) is 15.5. The van der Waals surface area contributed by atoms with Gasteiger partial charge in [0.05, 0.1) is 10.5 Å². The minimum absolute atomic E-state index is 0.0702. The van der Waals surface area contributed by atoms with E-state index in [1.54, 1.807) is 12.1 Å². The molecule has 2 N–H and O–H groups in total. The topological polar surface area (TPSA) is 75.4 Å². The molecule has 1 aliphatic rings. The van der Waals surface area contributed by atoms with Crippen molar-refractivity contribution in [1.29, 1.82) is 0 Å². The number of rotatable bonds is 5. The maximum atomic E-state index is 11.1. The molecule has 0 atom stereocenters. The lowest BCUT2D eigenvalue weighted by Crippen LogP contribution is -2.40. The number of hydrogen-bond acceptors (Lipinski definition) is 4. The highest BCUT2D eigenvalue weighted by Gasteiger charge is 2.32. The lowest BCUT2D eigenvalue weighted by Gasteiger charge is -2.36. The minimum Gasteiger partial charge on any atom is -0.388 e. The van der Waals surface area contributed by atoms with Crippen LogP contribution in [0.25, 0.3) is 0 Å². The fraction of sp³-hybridized carbons (Fsp3) is 0.625. The van der Waals surface area contributed by atoms with Crippen LogP contribution < -0.4 is 5.32 Å². The van der Waals surface area contributed by atoms with Gasteiger partial charge in [-0.2, -0.15) is 0 Å². The van der Waals surface area contributed by atoms with Gasteiger partial charge in [-0.05, 0) is 50.2 Å². The van der Waals surface area contributed by atoms with Crippen molar-refractivity contribution in [2.45, 2.75) is 51.6 Å². The number of nitrogens with zero attached hydrogens (tertiary/aromatic N) is 1. The third-order valence-corrected chi connectivity index (χ3v) is 4.57. The van der Waals surface area contributed by atoms with Crippen LogP contribution in [0.5, 0.6) is 0 Å². The van der Waals surface area contributed by atoms with Gasteiger partial charge in [0.25, 0.3) is 5.69 Å². The second-order valence-electron chi connectivity index (χ2n) is 6.21. The highest BCUT2D eigenvalue weighted by atomic mass is 16.6. The molecule has 1 aromatic carbocycles. The van der Waals surface area contributed by atoms with Gasteiger partial charge in [0, 0.05) is 12.6 Å². The van der Waals surface area contributed by atoms with Gasteiger partial charge in [0.2, 0.25) is 0 Å². The number of anilines is 1. The molecule has 5 nitrogen and oxygen atoms in total. The highest BCUT2D eigenvalue weighted by molar-refractivity contribution is 5.62. The summed E-state index contributed by atoms with van der Waals surface area (Å²) in [5, 5.41) is 24.8. The molecule has 0 aliphatic heterocycles. The van der Waals surface area contributed by atoms with Crippen molar-refractivity contribution >= 4 is 11.4 Å². The second-order valence-corrected chi connectivity index (χ2v) is 6.21. The molecule has 1 fully saturated rings. The maximum Gasteiger partial charge on any atom is 0.292 e. The zero-order valence-electron chi connectivity index (χ0n) is 12.8. The molecule has 0 saturated heterocycles. The summed E-state index contributed by atoms with van der Waals surface area (Å²) >= 11 is 0. The molecule has 1 saturated carbocycles. The standard InChI is InChI=1S/C16H24N2O3/c1-3-13-6-8-16(19,9-7-13)11-17-14-5-4-12(2)10-15(14)18(20)21/h4-5,10,13,17,19H,3,6-9,11H2,1-2H3. The van der Waals surface area contributed by atoms with E-state index in [9.17, 15) is 15.2 Å². The van der Waals surface area contributed by atoms with E-state index in [1.807, 2.05) is 13.0 Å². The van der Waals surface area contributed by atoms with E-state index >= 15 is 0 Å². The summed E-state index contributed by atoms with van der Waals surface area (Å²) in [5.41, 5.74) is 0.664. The van der Waals surface area contributed by atoms with Crippen LogP contribution in [-0.4, -0.2) is 22.2 Å². The van der Waals surface area contributed by atoms with Gasteiger partial charge >= 0.3 is 0 Å². The predicted octanol–water partition coefficient (Wildman–Crippen LogP) is 3.65. The van der Waals surface area contributed by atoms with Gasteiger partial charge in [-0.25, -0.2) is 0 Å². The van der Waals surface area contributed by atoms with E-state index in [-0.39, 0.29) is 10.6 Å². The summed E-state index contributed by atoms with van der Waals surface area (Å²) in [4.78, 5) is 10.7. The minimum atomic E-state index is -0.746. The summed E-state index contributed by atoms with van der Waals surface area (Å²) in [5.74, 6) is 0.707. The average Bonchev–Trinajstić information content (AvgIpc) is 2.47. The molecule has 0 radical (unpaired) electrons. The van der Waals surface area contributed by atoms with Crippen molar-refractivity contribution < 1.29 is 10.0 Å². The first kappa shape index (κ1) is 15.8. The average molecular weight is 292 g/mol. The van der Waals surface area contributed by atoms with Crippen LogP contribution in [0, 0.1) is 23.0 Å². The molecule has 0 spiro atoms. The number of nitro groups is 1. The maximum absolute atomic E-state index is 11.1. The Morgan fingerprint density at radius 2 is 2.10 bits per heavy atom. The first-order chi connectivity index (χ1) is 9.93. The Hall–Kier alpha value is -1.62. The van der Waals surface area contributed by atoms with E-state index in [4.69, 9.17) is 0 Å². The molecular weight excluding hydrogens is 268 g/mol. The largest absolute Gasteiger partial charge is 0.388 e. The third-order valence-electron chi connectivity index (χ3n) is 4.57. The molecule has 0 unspecified atom stereocenters. The molecule has 0 heterocycles. The Bertz CT molecular complexity index is 508. The Morgan fingerprint density at radius 3 is 2.67 bits per heavy atom. The first-order valence-electron chi connectivity index (χ1n) is 7.65. The number of aryl methyl sites for hydroxylation is 1. The number of nitrogens with one attached hydrogen (secondary N) is 1. The van der Waals surface area contributed by atoms with E-state index in [1.165, 1.54) is 0 Å². The Labute approximate surface area is 125 Å². The molecule has 1 aliphatic carbocycles. The second kappa shape index (κ2) is 6.43. The number of benzene rings is 1. The van der Waals surface area contributed by atoms with Gasteiger partial charge in [-0.15, -0.1) is 0 Å². The third kappa shape index (κ3) is 3.94. The normalized spacial score (nSPS) is 25.6. The summed E-state index contributed by atoms with van der Waals surface area (Å²) in [6, 6.07) is 5.11. The van der Waals surface area contributed by atoms with E-state index in [0.717, 1.165) is 37.7 Å². The van der Waals surface area contributed by atoms with Crippen molar-refractivity contribution in [2.24, 2.45) is 5.92 Å². The van der Waals surface area contributed by atoms with Gasteiger partial charge in [0.1, 0.15) is 5.69 Å². The molecule has 116 valence electrons. The lowest BCUT2D eigenvalue weighted by molar-refractivity contribution is -0.384. The molecule has 0 bridgehead atoms. The molecule has 0 aromatic heterocycles. The van der Waals surface area contributed by atoms with Crippen LogP contribution in [0.2, 0.25) is 0 Å². The highest BCUT2D eigenvalue weighted by Crippen LogP contribution is 2.34. The predicted molar refractivity (Wildman–Crippen MR) is 83.5 cm³/mol. The van der Waals surface area contributed by atoms with Crippen molar-refractivity contribution in [3.8, 4) is 0 Å². The van der Waals surface area contributed by atoms with Crippen LogP contribution in [0.1, 0.15) is 44.6 Å². The van der Waals surface area contributed by atoms with Crippen LogP contribution in [0.3, 0.4) is 0 Å². The monoisotopic (exact) mass is 292 g/mol. The molecule has 21 heavy (non-hydrogen) atoms. The molecule has 1 aromatic rings. The van der Waals surface area contributed by atoms with Crippen molar-refractivity contribution in [3.63, 3.8) is 0 Å².